The van der Waals surface area contributed by atoms with Gasteiger partial charge in [-0.25, -0.2) is 4.57 Å². The molecule has 0 aromatic rings. The van der Waals surface area contributed by atoms with Gasteiger partial charge in [-0.2, -0.15) is 0 Å². The van der Waals surface area contributed by atoms with Crippen LogP contribution in [-0.4, -0.2) is 97.3 Å². The summed E-state index contributed by atoms with van der Waals surface area (Å²) in [6.07, 6.45) is 46.3. The van der Waals surface area contributed by atoms with Crippen molar-refractivity contribution in [1.29, 1.82) is 0 Å². The second-order valence-electron chi connectivity index (χ2n) is 16.4. The molecule has 4 atom stereocenters. The van der Waals surface area contributed by atoms with Gasteiger partial charge < -0.3 is 29.1 Å². The van der Waals surface area contributed by atoms with Crippen LogP contribution in [0.4, 0.5) is 0 Å². The first kappa shape index (κ1) is 58.9. The van der Waals surface area contributed by atoms with Crippen molar-refractivity contribution in [3.63, 3.8) is 0 Å². The minimum absolute atomic E-state index is 0.0318. The molecule has 0 rings (SSSR count). The molecule has 0 heterocycles. The summed E-state index contributed by atoms with van der Waals surface area (Å²) >= 11 is 0. The molecule has 0 aromatic carbocycles. The molecule has 12 heteroatoms. The third kappa shape index (κ3) is 42.2. The predicted molar refractivity (Wildman–Crippen MR) is 254 cm³/mol. The number of quaternary nitrogens is 1. The summed E-state index contributed by atoms with van der Waals surface area (Å²) < 4.78 is 34.1. The number of phosphoric acid groups is 1. The Bertz CT molecular complexity index is 1410. The van der Waals surface area contributed by atoms with E-state index in [4.69, 9.17) is 18.5 Å². The number of aliphatic hydroxyl groups excluding tert-OH is 2. The highest BCUT2D eigenvalue weighted by molar-refractivity contribution is 7.47. The molecule has 0 aliphatic carbocycles. The van der Waals surface area contributed by atoms with Gasteiger partial charge >= 0.3 is 19.8 Å². The first-order valence-corrected chi connectivity index (χ1v) is 24.6. The number of hydrogen-bond donors (Lipinski definition) is 3. The first-order valence-electron chi connectivity index (χ1n) is 23.1. The summed E-state index contributed by atoms with van der Waals surface area (Å²) in [4.78, 5) is 35.5. The predicted octanol–water partition coefficient (Wildman–Crippen LogP) is 11.3. The lowest BCUT2D eigenvalue weighted by atomic mass is 10.0. The van der Waals surface area contributed by atoms with Crippen molar-refractivity contribution in [2.75, 3.05) is 47.5 Å². The molecule has 0 saturated heterocycles. The van der Waals surface area contributed by atoms with Gasteiger partial charge in [0.05, 0.1) is 40.0 Å². The van der Waals surface area contributed by atoms with Crippen molar-refractivity contribution in [2.45, 2.75) is 161 Å². The Morgan fingerprint density at radius 2 is 1.08 bits per heavy atom. The summed E-state index contributed by atoms with van der Waals surface area (Å²) in [6, 6.07) is 0. The largest absolute Gasteiger partial charge is 0.472 e. The van der Waals surface area contributed by atoms with E-state index >= 15 is 0 Å². The fourth-order valence-electron chi connectivity index (χ4n) is 5.55. The van der Waals surface area contributed by atoms with Crippen molar-refractivity contribution >= 4 is 19.8 Å². The number of ether oxygens (including phenoxy) is 2. The Morgan fingerprint density at radius 3 is 1.61 bits per heavy atom. The van der Waals surface area contributed by atoms with Crippen molar-refractivity contribution in [1.82, 2.24) is 0 Å². The number of aliphatic hydroxyl groups is 2. The van der Waals surface area contributed by atoms with Crippen LogP contribution in [-0.2, 0) is 32.7 Å². The summed E-state index contributed by atoms with van der Waals surface area (Å²) in [5.74, 6) is -1.13. The second kappa shape index (κ2) is 40.6. The van der Waals surface area contributed by atoms with Crippen molar-refractivity contribution in [2.24, 2.45) is 0 Å². The van der Waals surface area contributed by atoms with Crippen LogP contribution < -0.4 is 0 Å². The van der Waals surface area contributed by atoms with Crippen LogP contribution in [0.25, 0.3) is 0 Å². The molecule has 0 saturated carbocycles. The second-order valence-corrected chi connectivity index (χ2v) is 17.8. The Balaban J connectivity index is 4.65. The highest BCUT2D eigenvalue weighted by atomic mass is 31.2. The minimum Gasteiger partial charge on any atom is -0.462 e. The van der Waals surface area contributed by atoms with E-state index in [1.54, 1.807) is 0 Å². The molecule has 354 valence electrons. The van der Waals surface area contributed by atoms with Crippen molar-refractivity contribution < 1.29 is 52.3 Å². The number of hydrogen-bond acceptors (Lipinski definition) is 9. The minimum atomic E-state index is -4.47. The highest BCUT2D eigenvalue weighted by Gasteiger charge is 2.27. The van der Waals surface area contributed by atoms with E-state index in [2.05, 4.69) is 98.9 Å². The van der Waals surface area contributed by atoms with Gasteiger partial charge in [0.15, 0.2) is 6.10 Å². The third-order valence-corrected chi connectivity index (χ3v) is 10.3. The SMILES string of the molecule is CC/C=C\C/C=C\C/C=C\C/C=C\C/C=C\CCCCCC(=O)OC[C@H](COP(=O)(O)OCC[N+](C)(C)C)OC(=O)CCCC(O)C(O)C/C=C\C/C=C\C/C=C\CCCCC. The van der Waals surface area contributed by atoms with Crippen LogP contribution in [0.3, 0.4) is 0 Å². The molecular weight excluding hydrogens is 806 g/mol. The molecule has 11 nitrogen and oxygen atoms in total. The molecule has 0 fully saturated rings. The molecule has 62 heavy (non-hydrogen) atoms. The topological polar surface area (TPSA) is 149 Å². The van der Waals surface area contributed by atoms with Gasteiger partial charge in [-0.15, -0.1) is 0 Å². The zero-order valence-corrected chi connectivity index (χ0v) is 39.9. The number of esters is 2. The zero-order chi connectivity index (χ0) is 46.0. The van der Waals surface area contributed by atoms with Crippen LogP contribution in [0.1, 0.15) is 142 Å². The van der Waals surface area contributed by atoms with Crippen LogP contribution >= 0.6 is 7.82 Å². The highest BCUT2D eigenvalue weighted by Crippen LogP contribution is 2.43. The van der Waals surface area contributed by atoms with Gasteiger partial charge in [-0.3, -0.25) is 18.6 Å². The van der Waals surface area contributed by atoms with Crippen molar-refractivity contribution in [3.05, 3.63) is 97.2 Å². The van der Waals surface area contributed by atoms with Gasteiger partial charge in [0.25, 0.3) is 0 Å². The van der Waals surface area contributed by atoms with Gasteiger partial charge in [0, 0.05) is 12.8 Å². The lowest BCUT2D eigenvalue weighted by molar-refractivity contribution is -0.870. The van der Waals surface area contributed by atoms with E-state index < -0.39 is 44.7 Å². The maximum Gasteiger partial charge on any atom is 0.472 e. The lowest BCUT2D eigenvalue weighted by Crippen LogP contribution is -2.37. The number of carbonyl (C=O) groups excluding carboxylic acids is 2. The Labute approximate surface area is 376 Å². The van der Waals surface area contributed by atoms with Crippen molar-refractivity contribution in [3.8, 4) is 0 Å². The van der Waals surface area contributed by atoms with E-state index in [1.807, 2.05) is 33.3 Å². The number of unbranched alkanes of at least 4 members (excludes halogenated alkanes) is 6. The number of nitrogens with zero attached hydrogens (tertiary/aromatic N) is 1. The smallest absolute Gasteiger partial charge is 0.462 e. The summed E-state index contributed by atoms with van der Waals surface area (Å²) in [5.41, 5.74) is 0. The Hall–Kier alpha value is -3.15. The molecule has 3 N–H and O–H groups in total. The summed E-state index contributed by atoms with van der Waals surface area (Å²) in [5, 5.41) is 20.8. The number of allylic oxidation sites excluding steroid dienone is 15. The van der Waals surface area contributed by atoms with Gasteiger partial charge in [-0.05, 0) is 96.3 Å². The monoisotopic (exact) mass is 891 g/mol. The van der Waals surface area contributed by atoms with Crippen LogP contribution in [0.15, 0.2) is 97.2 Å². The summed E-state index contributed by atoms with van der Waals surface area (Å²) in [6.45, 7) is 3.87. The molecule has 0 aliphatic heterocycles. The van der Waals surface area contributed by atoms with Gasteiger partial charge in [0.2, 0.25) is 0 Å². The molecule has 0 aromatic heterocycles. The Kier molecular flexibility index (Phi) is 38.5. The van der Waals surface area contributed by atoms with E-state index in [0.29, 0.717) is 17.4 Å². The lowest BCUT2D eigenvalue weighted by Gasteiger charge is -2.24. The van der Waals surface area contributed by atoms with E-state index in [9.17, 15) is 29.3 Å². The number of phosphoric ester groups is 1. The molecule has 0 amide bonds. The molecule has 0 radical (unpaired) electrons. The van der Waals surface area contributed by atoms with Gasteiger partial charge in [-0.1, -0.05) is 130 Å². The van der Waals surface area contributed by atoms with E-state index in [0.717, 1.165) is 70.6 Å². The zero-order valence-electron chi connectivity index (χ0n) is 39.0. The normalized spacial score (nSPS) is 15.4. The number of rotatable bonds is 40. The average Bonchev–Trinajstić information content (AvgIpc) is 3.22. The maximum absolute atomic E-state index is 12.7. The number of carbonyl (C=O) groups is 2. The molecule has 3 unspecified atom stereocenters. The molecule has 0 bridgehead atoms. The first-order chi connectivity index (χ1) is 29.8. The summed E-state index contributed by atoms with van der Waals surface area (Å²) in [7, 11) is 1.26. The van der Waals surface area contributed by atoms with E-state index in [-0.39, 0.29) is 45.3 Å². The van der Waals surface area contributed by atoms with Crippen LogP contribution in [0.5, 0.6) is 0 Å². The Morgan fingerprint density at radius 1 is 0.581 bits per heavy atom. The maximum atomic E-state index is 12.7. The van der Waals surface area contributed by atoms with E-state index in [1.165, 1.54) is 19.3 Å². The van der Waals surface area contributed by atoms with Gasteiger partial charge in [0.1, 0.15) is 19.8 Å². The van der Waals surface area contributed by atoms with Crippen LogP contribution in [0, 0.1) is 0 Å². The fourth-order valence-corrected chi connectivity index (χ4v) is 6.29. The fraction of sp³-hybridized carbons (Fsp3) is 0.640. The molecule has 0 spiro atoms. The third-order valence-electron chi connectivity index (χ3n) is 9.30. The molecule has 0 aliphatic rings. The molecular formula is C50H85NO10P+. The number of likely N-dealkylation sites (N-methyl/N-ethyl adjacent to an activating group) is 1. The average molecular weight is 891 g/mol. The van der Waals surface area contributed by atoms with Crippen LogP contribution in [0.2, 0.25) is 0 Å². The quantitative estimate of drug-likeness (QED) is 0.0178. The standard InChI is InChI=1S/C50H84NO10P/c1-6-8-10-12-14-16-18-20-21-22-23-24-25-26-28-30-32-34-36-40-49(54)58-44-46(45-60-62(56,57)59-43-42-51(3,4)5)61-50(55)41-37-39-48(53)47(52)38-35-33-31-29-27-19-17-15-13-11-9-7-2/h8,10,14-17,20-21,23-24,26-29,33,35,46-48,52-53H,6-7,9,11-13,18-19,22,25,30-32,34,36-45H2,1-5H3/p+1/b10-8-,16-14-,17-15-,21-20-,24-23-,28-26-,29-27-,35-33-/t46-,47?,48?/m1/s1.